The van der Waals surface area contributed by atoms with Gasteiger partial charge in [-0.25, -0.2) is 8.42 Å². The van der Waals surface area contributed by atoms with Gasteiger partial charge in [-0.2, -0.15) is 4.31 Å². The van der Waals surface area contributed by atoms with Gasteiger partial charge in [-0.1, -0.05) is 19.1 Å². The molecule has 0 bridgehead atoms. The Bertz CT molecular complexity index is 558. The summed E-state index contributed by atoms with van der Waals surface area (Å²) in [5.74, 6) is 0. The van der Waals surface area contributed by atoms with Crippen LogP contribution in [0.1, 0.15) is 18.9 Å². The largest absolute Gasteiger partial charge is 0.316 e. The average Bonchev–Trinajstić information content (AvgIpc) is 2.38. The number of rotatable bonds is 8. The molecule has 1 rings (SSSR count). The summed E-state index contributed by atoms with van der Waals surface area (Å²) in [7, 11) is -1.64. The first-order valence-electron chi connectivity index (χ1n) is 6.51. The van der Waals surface area contributed by atoms with Crippen molar-refractivity contribution in [2.45, 2.75) is 24.8 Å². The molecule has 0 aliphatic heterocycles. The van der Waals surface area contributed by atoms with Crippen LogP contribution in [0.5, 0.6) is 0 Å². The first-order valence-corrected chi connectivity index (χ1v) is 8.74. The van der Waals surface area contributed by atoms with Crippen molar-refractivity contribution in [1.29, 1.82) is 0 Å². The van der Waals surface area contributed by atoms with E-state index >= 15 is 0 Å². The molecule has 0 fully saturated rings. The molecule has 0 aliphatic rings. The van der Waals surface area contributed by atoms with E-state index in [9.17, 15) is 8.42 Å². The van der Waals surface area contributed by atoms with Gasteiger partial charge in [0.1, 0.15) is 0 Å². The third-order valence-electron chi connectivity index (χ3n) is 2.80. The lowest BCUT2D eigenvalue weighted by molar-refractivity contribution is 0.441. The summed E-state index contributed by atoms with van der Waals surface area (Å²) in [5, 5.41) is 3.04. The van der Waals surface area contributed by atoms with Gasteiger partial charge in [0.2, 0.25) is 10.0 Å². The Labute approximate surface area is 130 Å². The van der Waals surface area contributed by atoms with E-state index in [4.69, 9.17) is 0 Å². The fourth-order valence-electron chi connectivity index (χ4n) is 1.91. The molecule has 112 valence electrons. The van der Waals surface area contributed by atoms with Crippen LogP contribution in [0.2, 0.25) is 0 Å². The molecule has 0 saturated heterocycles. The van der Waals surface area contributed by atoms with Crippen LogP contribution in [0.4, 0.5) is 0 Å². The van der Waals surface area contributed by atoms with Crippen molar-refractivity contribution in [3.8, 4) is 0 Å². The van der Waals surface area contributed by atoms with Crippen LogP contribution < -0.4 is 5.32 Å². The van der Waals surface area contributed by atoms with Gasteiger partial charge in [-0.3, -0.25) is 0 Å². The highest BCUT2D eigenvalue weighted by atomic mass is 79.9. The van der Waals surface area contributed by atoms with Crippen molar-refractivity contribution < 1.29 is 8.42 Å². The van der Waals surface area contributed by atoms with Crippen molar-refractivity contribution in [2.24, 2.45) is 0 Å². The molecule has 0 unspecified atom stereocenters. The first-order chi connectivity index (χ1) is 9.47. The van der Waals surface area contributed by atoms with Crippen LogP contribution in [0.15, 0.2) is 40.2 Å². The Kier molecular flexibility index (Phi) is 6.88. The molecule has 1 aromatic carbocycles. The molecular weight excluding hydrogens is 340 g/mol. The highest BCUT2D eigenvalue weighted by molar-refractivity contribution is 9.10. The lowest BCUT2D eigenvalue weighted by Crippen LogP contribution is -2.32. The number of benzene rings is 1. The Morgan fingerprint density at radius 2 is 2.15 bits per heavy atom. The summed E-state index contributed by atoms with van der Waals surface area (Å²) in [6.07, 6.45) is 2.37. The summed E-state index contributed by atoms with van der Waals surface area (Å²) < 4.78 is 27.3. The van der Waals surface area contributed by atoms with Gasteiger partial charge < -0.3 is 5.32 Å². The van der Waals surface area contributed by atoms with E-state index in [1.807, 2.05) is 26.1 Å². The Morgan fingerprint density at radius 1 is 1.45 bits per heavy atom. The van der Waals surface area contributed by atoms with Crippen LogP contribution in [-0.4, -0.2) is 32.9 Å². The van der Waals surface area contributed by atoms with Gasteiger partial charge in [-0.05, 0) is 47.1 Å². The fraction of sp³-hybridized carbons (Fsp3) is 0.429. The smallest absolute Gasteiger partial charge is 0.244 e. The number of nitrogens with one attached hydrogen (secondary N) is 1. The van der Waals surface area contributed by atoms with Gasteiger partial charge in [-0.15, -0.1) is 6.58 Å². The summed E-state index contributed by atoms with van der Waals surface area (Å²) >= 11 is 3.36. The molecular formula is C14H21BrN2O2S. The molecule has 0 spiro atoms. The molecule has 0 saturated carbocycles. The predicted octanol–water partition coefficient (Wildman–Crippen LogP) is 2.76. The van der Waals surface area contributed by atoms with Gasteiger partial charge in [0.05, 0.1) is 4.90 Å². The quantitative estimate of drug-likeness (QED) is 0.725. The average molecular weight is 361 g/mol. The van der Waals surface area contributed by atoms with Crippen molar-refractivity contribution >= 4 is 26.0 Å². The molecule has 0 aromatic heterocycles. The van der Waals surface area contributed by atoms with E-state index in [2.05, 4.69) is 27.8 Å². The maximum Gasteiger partial charge on any atom is 0.244 e. The lowest BCUT2D eigenvalue weighted by atomic mass is 10.2. The predicted molar refractivity (Wildman–Crippen MR) is 86.2 cm³/mol. The number of hydrogen-bond acceptors (Lipinski definition) is 3. The van der Waals surface area contributed by atoms with Crippen molar-refractivity contribution in [3.05, 3.63) is 40.9 Å². The van der Waals surface area contributed by atoms with E-state index in [0.717, 1.165) is 12.0 Å². The molecule has 1 N–H and O–H groups in total. The van der Waals surface area contributed by atoms with E-state index < -0.39 is 10.0 Å². The van der Waals surface area contributed by atoms with Crippen LogP contribution in [0.3, 0.4) is 0 Å². The van der Waals surface area contributed by atoms with Gasteiger partial charge in [0.25, 0.3) is 0 Å². The summed E-state index contributed by atoms with van der Waals surface area (Å²) in [6, 6.07) is 5.31. The number of halogens is 1. The molecule has 0 amide bonds. The normalized spacial score (nSPS) is 11.8. The first kappa shape index (κ1) is 17.4. The molecule has 0 radical (unpaired) electrons. The van der Waals surface area contributed by atoms with Crippen LogP contribution >= 0.6 is 15.9 Å². The van der Waals surface area contributed by atoms with Gasteiger partial charge >= 0.3 is 0 Å². The summed E-state index contributed by atoms with van der Waals surface area (Å²) in [4.78, 5) is 0.299. The standard InChI is InChI=1S/C14H21BrN2O2S/c1-4-8-17(9-5-2)20(18,19)14-7-6-12(11-16-3)10-13(14)15/h4,6-7,10,16H,1,5,8-9,11H2,2-3H3. The molecule has 20 heavy (non-hydrogen) atoms. The number of hydrogen-bond donors (Lipinski definition) is 1. The van der Waals surface area contributed by atoms with Gasteiger partial charge in [0, 0.05) is 24.1 Å². The zero-order valence-electron chi connectivity index (χ0n) is 11.9. The monoisotopic (exact) mass is 360 g/mol. The topological polar surface area (TPSA) is 49.4 Å². The SMILES string of the molecule is C=CCN(CCC)S(=O)(=O)c1ccc(CNC)cc1Br. The summed E-state index contributed by atoms with van der Waals surface area (Å²) in [6.45, 7) is 7.08. The van der Waals surface area contributed by atoms with E-state index in [0.29, 0.717) is 29.0 Å². The lowest BCUT2D eigenvalue weighted by Gasteiger charge is -2.21. The van der Waals surface area contributed by atoms with Crippen molar-refractivity contribution in [2.75, 3.05) is 20.1 Å². The minimum atomic E-state index is -3.49. The second-order valence-corrected chi connectivity index (χ2v) is 7.21. The zero-order chi connectivity index (χ0) is 15.2. The fourth-order valence-corrected chi connectivity index (χ4v) is 4.50. The molecule has 4 nitrogen and oxygen atoms in total. The third kappa shape index (κ3) is 4.15. The highest BCUT2D eigenvalue weighted by Crippen LogP contribution is 2.26. The number of nitrogens with zero attached hydrogens (tertiary/aromatic N) is 1. The second kappa shape index (κ2) is 7.93. The van der Waals surface area contributed by atoms with E-state index in [1.165, 1.54) is 4.31 Å². The highest BCUT2D eigenvalue weighted by Gasteiger charge is 2.25. The van der Waals surface area contributed by atoms with Crippen LogP contribution in [0.25, 0.3) is 0 Å². The Morgan fingerprint density at radius 3 is 2.65 bits per heavy atom. The molecule has 0 atom stereocenters. The third-order valence-corrected chi connectivity index (χ3v) is 5.64. The van der Waals surface area contributed by atoms with Crippen molar-refractivity contribution in [3.63, 3.8) is 0 Å². The van der Waals surface area contributed by atoms with Crippen LogP contribution in [-0.2, 0) is 16.6 Å². The van der Waals surface area contributed by atoms with E-state index in [1.54, 1.807) is 12.1 Å². The molecule has 1 aromatic rings. The zero-order valence-corrected chi connectivity index (χ0v) is 14.3. The molecule has 0 aliphatic carbocycles. The van der Waals surface area contributed by atoms with Crippen LogP contribution in [0, 0.1) is 0 Å². The molecule has 6 heteroatoms. The summed E-state index contributed by atoms with van der Waals surface area (Å²) in [5.41, 5.74) is 1.03. The Balaban J connectivity index is 3.16. The maximum atomic E-state index is 12.6. The second-order valence-electron chi connectivity index (χ2n) is 4.45. The minimum absolute atomic E-state index is 0.299. The minimum Gasteiger partial charge on any atom is -0.316 e. The number of sulfonamides is 1. The van der Waals surface area contributed by atoms with E-state index in [-0.39, 0.29) is 0 Å². The Hall–Kier alpha value is -0.690. The van der Waals surface area contributed by atoms with Gasteiger partial charge in [0.15, 0.2) is 0 Å². The maximum absolute atomic E-state index is 12.6. The molecule has 0 heterocycles. The van der Waals surface area contributed by atoms with Crippen molar-refractivity contribution in [1.82, 2.24) is 9.62 Å².